The monoisotopic (exact) mass is 1780 g/mol. The Hall–Kier alpha value is -14.5. The highest BCUT2D eigenvalue weighted by atomic mass is 32.1. The fraction of sp³-hybridized carbons (Fsp3) is 0.301. The van der Waals surface area contributed by atoms with Crippen LogP contribution in [0.25, 0.3) is 55.2 Å². The Morgan fingerprint density at radius 1 is 0.417 bits per heavy atom. The SMILES string of the molecule is COC[C@H](C)Nc1nc(C)nc2ccn(Cc3ccccn3)c12.COC[C@H](C)Nc1nc(N)nc2ccn(Cc3csc(C)n3)c12.COc1cc(OC)nc(Cn2ccc3nc(N)nc(NCc4ncc(C)o4)c32)n1.Cc1nc(NCc2nnc(C)o2)c2c(ccn2Cc2ccccn2)n1.Cc1nc(NCc2noc(C)n2)c2c(ccn2Cc2cnccn2)n1.S.S. The number of nitrogens with one attached hydrogen (secondary N) is 5. The molecule has 0 unspecified atom stereocenters. The van der Waals surface area contributed by atoms with E-state index in [9.17, 15) is 0 Å². The number of pyridine rings is 2. The van der Waals surface area contributed by atoms with Crippen LogP contribution in [-0.4, -0.2) is 187 Å². The molecule has 44 heteroatoms. The summed E-state index contributed by atoms with van der Waals surface area (Å²) in [6, 6.07) is 23.5. The molecule has 18 aromatic rings. The highest BCUT2D eigenvalue weighted by Crippen LogP contribution is 2.31. The van der Waals surface area contributed by atoms with Gasteiger partial charge in [0.25, 0.3) is 0 Å². The fourth-order valence-electron chi connectivity index (χ4n) is 13.4. The lowest BCUT2D eigenvalue weighted by Gasteiger charge is -2.16. The van der Waals surface area contributed by atoms with Crippen molar-refractivity contribution in [2.75, 3.05) is 79.7 Å². The van der Waals surface area contributed by atoms with Crippen LogP contribution in [0.2, 0.25) is 0 Å². The molecule has 0 radical (unpaired) electrons. The van der Waals surface area contributed by atoms with E-state index >= 15 is 0 Å². The van der Waals surface area contributed by atoms with Crippen molar-refractivity contribution < 1.29 is 32.3 Å². The van der Waals surface area contributed by atoms with Gasteiger partial charge in [0.05, 0.1) is 154 Å². The molecule has 127 heavy (non-hydrogen) atoms. The van der Waals surface area contributed by atoms with Crippen molar-refractivity contribution >= 4 is 134 Å². The maximum absolute atomic E-state index is 5.87. The van der Waals surface area contributed by atoms with Gasteiger partial charge in [-0.25, -0.2) is 49.8 Å². The molecule has 2 atom stereocenters. The number of thiazole rings is 1. The molecule has 0 saturated heterocycles. The number of nitrogens with zero attached hydrogens (tertiary/aromatic N) is 27. The molecule has 18 aromatic heterocycles. The quantitative estimate of drug-likeness (QED) is 0.0229. The number of nitrogen functional groups attached to an aromatic ring is 2. The van der Waals surface area contributed by atoms with Gasteiger partial charge in [0.2, 0.25) is 47.2 Å². The molecule has 660 valence electrons. The van der Waals surface area contributed by atoms with Gasteiger partial charge in [-0.2, -0.15) is 51.9 Å². The standard InChI is InChI=1S/C18H20N8O3.C17H17N7O.C17H21N5O.C16H16N8O.C15H20N6OS.2H2S/c1-10-7-20-15(29-10)8-21-17-16-11(22-18(19)25-17)4-5-26(16)9-12-23-13(27-2)6-14(24-12)28-3;1-11-20-14-6-8-24(10-13-5-3-4-7-18-13)16(14)17(21-11)19-9-15-23-22-12(2)25-15;1-12(11-23-3)19-17-16-15(20-13(2)21-17)7-9-22(16)10-14-6-4-5-8-18-14;1-10-20-13-3-6-24(9-12-7-17-4-5-18-12)15(13)16(21-10)19-8-14-22-11(2)25-23-14;1-9(7-22-3)17-14-13-12(19-15(16)20-14)4-5-21(13)6-11-8-23-10(2)18-11;;/h4-7H,8-9H2,1-3H3,(H3,19,21,22,25);3-8H,9-10H2,1-2H3,(H,19,20,21);4-9,12H,10-11H2,1-3H3,(H,19,20,21);3-7H,8-9H2,1-2H3,(H,19,20,21);4-5,8-9H,6-7H2,1-3H3,(H3,16,17,19,20);2*1H2/t;;12-;;9-;;/m..0.0../s1. The molecule has 18 heterocycles. The summed E-state index contributed by atoms with van der Waals surface area (Å²) < 4.78 is 47.0. The van der Waals surface area contributed by atoms with E-state index in [1.54, 1.807) is 90.7 Å². The minimum Gasteiger partial charge on any atom is -0.481 e. The summed E-state index contributed by atoms with van der Waals surface area (Å²) in [4.78, 5) is 83.4. The topological polar surface area (TPSA) is 497 Å². The van der Waals surface area contributed by atoms with Gasteiger partial charge in [0, 0.05) is 101 Å². The Bertz CT molecular complexity index is 6410. The van der Waals surface area contributed by atoms with Gasteiger partial charge in [-0.05, 0) is 103 Å². The van der Waals surface area contributed by atoms with Crippen molar-refractivity contribution in [1.29, 1.82) is 0 Å². The zero-order valence-electron chi connectivity index (χ0n) is 72.1. The summed E-state index contributed by atoms with van der Waals surface area (Å²) >= 11 is 1.65. The predicted octanol–water partition coefficient (Wildman–Crippen LogP) is 11.3. The summed E-state index contributed by atoms with van der Waals surface area (Å²) in [5.41, 5.74) is 24.2. The molecule has 0 aliphatic carbocycles. The molecule has 9 N–H and O–H groups in total. The van der Waals surface area contributed by atoms with Crippen molar-refractivity contribution in [1.82, 2.24) is 133 Å². The van der Waals surface area contributed by atoms with Crippen LogP contribution in [0.5, 0.6) is 11.8 Å². The first-order chi connectivity index (χ1) is 60.7. The van der Waals surface area contributed by atoms with Crippen molar-refractivity contribution in [3.8, 4) is 11.8 Å². The summed E-state index contributed by atoms with van der Waals surface area (Å²) in [6.07, 6.45) is 20.2. The second-order valence-electron chi connectivity index (χ2n) is 28.5. The highest BCUT2D eigenvalue weighted by Gasteiger charge is 2.21. The van der Waals surface area contributed by atoms with Crippen molar-refractivity contribution in [3.63, 3.8) is 0 Å². The van der Waals surface area contributed by atoms with Crippen LogP contribution in [0.15, 0.2) is 160 Å². The van der Waals surface area contributed by atoms with Gasteiger partial charge in [-0.3, -0.25) is 19.9 Å². The predicted molar refractivity (Wildman–Crippen MR) is 491 cm³/mol. The van der Waals surface area contributed by atoms with E-state index in [0.29, 0.717) is 141 Å². The van der Waals surface area contributed by atoms with Gasteiger partial charge in [-0.1, -0.05) is 17.3 Å². The summed E-state index contributed by atoms with van der Waals surface area (Å²) in [5, 5.41) is 31.4. The van der Waals surface area contributed by atoms with Crippen molar-refractivity contribution in [2.24, 2.45) is 0 Å². The van der Waals surface area contributed by atoms with Gasteiger partial charge in [0.1, 0.15) is 50.8 Å². The van der Waals surface area contributed by atoms with E-state index in [-0.39, 0.29) is 51.0 Å². The first-order valence-corrected chi connectivity index (χ1v) is 40.4. The maximum atomic E-state index is 5.87. The number of oxazole rings is 1. The first kappa shape index (κ1) is 91.7. The van der Waals surface area contributed by atoms with E-state index in [4.69, 9.17) is 43.8 Å². The average molecular weight is 1780 g/mol. The number of anilines is 7. The van der Waals surface area contributed by atoms with Gasteiger partial charge < -0.3 is 93.2 Å². The van der Waals surface area contributed by atoms with Crippen LogP contribution in [0.3, 0.4) is 0 Å². The van der Waals surface area contributed by atoms with Crippen LogP contribution >= 0.6 is 38.3 Å². The molecular weight excluding hydrogens is 1680 g/mol. The van der Waals surface area contributed by atoms with Gasteiger partial charge >= 0.3 is 0 Å². The normalized spacial score (nSPS) is 11.4. The molecule has 18 rings (SSSR count). The smallest absolute Gasteiger partial charge is 0.235 e. The number of fused-ring (bicyclic) bond motifs is 5. The average Bonchev–Trinajstić information content (AvgIpc) is 1.68. The van der Waals surface area contributed by atoms with E-state index in [0.717, 1.165) is 106 Å². The molecule has 0 spiro atoms. The van der Waals surface area contributed by atoms with Crippen LogP contribution in [-0.2, 0) is 61.8 Å². The molecule has 0 amide bonds. The number of aromatic nitrogens is 27. The first-order valence-electron chi connectivity index (χ1n) is 39.6. The number of methoxy groups -OCH3 is 4. The molecule has 0 fully saturated rings. The molecule has 0 aliphatic rings. The number of nitrogens with two attached hydrogens (primary N) is 2. The number of hydrogen-bond donors (Lipinski definition) is 7. The fourth-order valence-corrected chi connectivity index (χ4v) is 14.0. The Morgan fingerprint density at radius 3 is 1.31 bits per heavy atom. The molecule has 0 saturated carbocycles. The second-order valence-corrected chi connectivity index (χ2v) is 29.6. The van der Waals surface area contributed by atoms with Crippen LogP contribution in [0.4, 0.5) is 41.0 Å². The Kier molecular flexibility index (Phi) is 31.2. The molecule has 0 bridgehead atoms. The maximum Gasteiger partial charge on any atom is 0.235 e. The minimum atomic E-state index is 0. The van der Waals surface area contributed by atoms with Gasteiger partial charge in [-0.15, -0.1) is 21.5 Å². The zero-order valence-corrected chi connectivity index (χ0v) is 74.9. The van der Waals surface area contributed by atoms with E-state index in [1.165, 1.54) is 0 Å². The lowest BCUT2D eigenvalue weighted by molar-refractivity contribution is 0.190. The highest BCUT2D eigenvalue weighted by molar-refractivity contribution is 7.59. The van der Waals surface area contributed by atoms with Crippen LogP contribution < -0.4 is 47.5 Å². The molecule has 0 aromatic carbocycles. The number of aryl methyl sites for hydroxylation is 7. The third kappa shape index (κ3) is 24.1. The molecular formula is C83H98N34O7S3. The Labute approximate surface area is 746 Å². The molecule has 41 nitrogen and oxygen atoms in total. The van der Waals surface area contributed by atoms with E-state index < -0.39 is 0 Å². The minimum absolute atomic E-state index is 0. The summed E-state index contributed by atoms with van der Waals surface area (Å²) in [5.74, 6) is 10.9. The number of rotatable bonds is 29. The number of hydrogen-bond acceptors (Lipinski definition) is 37. The third-order valence-electron chi connectivity index (χ3n) is 18.6. The lowest BCUT2D eigenvalue weighted by Crippen LogP contribution is -2.22. The van der Waals surface area contributed by atoms with Crippen LogP contribution in [0.1, 0.15) is 100 Å². The number of ether oxygens (including phenoxy) is 4. The van der Waals surface area contributed by atoms with Crippen molar-refractivity contribution in [3.05, 3.63) is 233 Å². The third-order valence-corrected chi connectivity index (χ3v) is 19.4. The van der Waals surface area contributed by atoms with E-state index in [2.05, 4.69) is 163 Å². The van der Waals surface area contributed by atoms with Gasteiger partial charge in [0.15, 0.2) is 40.7 Å². The summed E-state index contributed by atoms with van der Waals surface area (Å²) in [6.45, 7) is 22.4. The lowest BCUT2D eigenvalue weighted by atomic mass is 10.3. The second kappa shape index (κ2) is 43.2. The van der Waals surface area contributed by atoms with E-state index in [1.807, 2.05) is 155 Å². The molecule has 0 aliphatic heterocycles. The summed E-state index contributed by atoms with van der Waals surface area (Å²) in [7, 11) is 6.46. The Balaban J connectivity index is 0.000000144. The zero-order chi connectivity index (χ0) is 87.5. The Morgan fingerprint density at radius 2 is 0.874 bits per heavy atom. The largest absolute Gasteiger partial charge is 0.481 e. The van der Waals surface area contributed by atoms with Crippen LogP contribution in [0, 0.1) is 48.5 Å². The van der Waals surface area contributed by atoms with Crippen molar-refractivity contribution in [2.45, 2.75) is 127 Å².